The zero-order valence-electron chi connectivity index (χ0n) is 13.7. The standard InChI is InChI=1S/C21H15BrF2N2/c22-16-8-4-14(5-9-16)20-13-21(15-6-10-17(23)11-7-15)26(25-20)19-3-1-2-18(24)12-19/h1-12,21H,13H2/t21-/m1/s1. The molecule has 0 aliphatic carbocycles. The largest absolute Gasteiger partial charge is 0.257 e. The molecule has 0 unspecified atom stereocenters. The van der Waals surface area contributed by atoms with Gasteiger partial charge in [0.05, 0.1) is 17.4 Å². The smallest absolute Gasteiger partial charge is 0.125 e. The van der Waals surface area contributed by atoms with Gasteiger partial charge in [0.2, 0.25) is 0 Å². The molecule has 0 radical (unpaired) electrons. The molecular weight excluding hydrogens is 398 g/mol. The fraction of sp³-hybridized carbons (Fsp3) is 0.0952. The van der Waals surface area contributed by atoms with Crippen molar-refractivity contribution >= 4 is 27.3 Å². The number of halogens is 3. The van der Waals surface area contributed by atoms with E-state index in [1.165, 1.54) is 24.3 Å². The van der Waals surface area contributed by atoms with Crippen molar-refractivity contribution in [2.45, 2.75) is 12.5 Å². The monoisotopic (exact) mass is 412 g/mol. The summed E-state index contributed by atoms with van der Waals surface area (Å²) in [6.07, 6.45) is 0.657. The highest BCUT2D eigenvalue weighted by Gasteiger charge is 2.30. The highest BCUT2D eigenvalue weighted by atomic mass is 79.9. The van der Waals surface area contributed by atoms with Crippen LogP contribution in [0.1, 0.15) is 23.6 Å². The second kappa shape index (κ2) is 7.00. The SMILES string of the molecule is Fc1ccc([C@H]2CC(c3ccc(Br)cc3)=NN2c2cccc(F)c2)cc1. The third kappa shape index (κ3) is 3.40. The first-order valence-corrected chi connectivity index (χ1v) is 9.03. The number of benzene rings is 3. The normalized spacial score (nSPS) is 16.7. The van der Waals surface area contributed by atoms with E-state index in [0.717, 1.165) is 21.3 Å². The molecule has 4 rings (SSSR count). The molecule has 3 aromatic rings. The Kier molecular flexibility index (Phi) is 4.55. The van der Waals surface area contributed by atoms with Crippen LogP contribution < -0.4 is 5.01 Å². The molecule has 0 aromatic heterocycles. The quantitative estimate of drug-likeness (QED) is 0.508. The third-order valence-electron chi connectivity index (χ3n) is 4.42. The van der Waals surface area contributed by atoms with Gasteiger partial charge >= 0.3 is 0 Å². The average molecular weight is 413 g/mol. The van der Waals surface area contributed by atoms with E-state index in [1.54, 1.807) is 18.2 Å². The predicted octanol–water partition coefficient (Wildman–Crippen LogP) is 6.08. The van der Waals surface area contributed by atoms with Gasteiger partial charge in [0.1, 0.15) is 11.6 Å². The lowest BCUT2D eigenvalue weighted by atomic mass is 9.98. The van der Waals surface area contributed by atoms with Crippen molar-refractivity contribution in [2.75, 3.05) is 5.01 Å². The van der Waals surface area contributed by atoms with Crippen LogP contribution >= 0.6 is 15.9 Å². The van der Waals surface area contributed by atoms with Gasteiger partial charge < -0.3 is 0 Å². The average Bonchev–Trinajstić information content (AvgIpc) is 3.08. The predicted molar refractivity (Wildman–Crippen MR) is 103 cm³/mol. The number of hydrogen-bond donors (Lipinski definition) is 0. The van der Waals surface area contributed by atoms with Crippen LogP contribution in [0.5, 0.6) is 0 Å². The fourth-order valence-electron chi connectivity index (χ4n) is 3.13. The van der Waals surface area contributed by atoms with Gasteiger partial charge in [-0.15, -0.1) is 0 Å². The van der Waals surface area contributed by atoms with Gasteiger partial charge in [-0.05, 0) is 53.6 Å². The molecule has 2 nitrogen and oxygen atoms in total. The van der Waals surface area contributed by atoms with Gasteiger partial charge in [-0.3, -0.25) is 5.01 Å². The molecule has 3 aromatic carbocycles. The van der Waals surface area contributed by atoms with Crippen molar-refractivity contribution < 1.29 is 8.78 Å². The molecule has 0 N–H and O–H groups in total. The number of hydrogen-bond acceptors (Lipinski definition) is 2. The van der Waals surface area contributed by atoms with Gasteiger partial charge in [0.15, 0.2) is 0 Å². The van der Waals surface area contributed by atoms with E-state index in [4.69, 9.17) is 5.10 Å². The van der Waals surface area contributed by atoms with Gasteiger partial charge in [0.25, 0.3) is 0 Å². The maximum Gasteiger partial charge on any atom is 0.125 e. The number of anilines is 1. The Hall–Kier alpha value is -2.53. The molecule has 1 aliphatic heterocycles. The molecule has 0 bridgehead atoms. The summed E-state index contributed by atoms with van der Waals surface area (Å²) < 4.78 is 28.1. The van der Waals surface area contributed by atoms with E-state index in [-0.39, 0.29) is 17.7 Å². The molecular formula is C21H15BrF2N2. The first-order valence-electron chi connectivity index (χ1n) is 8.24. The zero-order chi connectivity index (χ0) is 18.1. The van der Waals surface area contributed by atoms with Crippen molar-refractivity contribution in [3.05, 3.63) is 100 Å². The molecule has 130 valence electrons. The number of rotatable bonds is 3. The van der Waals surface area contributed by atoms with Crippen LogP contribution in [0, 0.1) is 11.6 Å². The Labute approximate surface area is 158 Å². The van der Waals surface area contributed by atoms with Crippen LogP contribution in [0.25, 0.3) is 0 Å². The van der Waals surface area contributed by atoms with Crippen LogP contribution in [0.3, 0.4) is 0 Å². The van der Waals surface area contributed by atoms with E-state index in [2.05, 4.69) is 15.9 Å². The highest BCUT2D eigenvalue weighted by molar-refractivity contribution is 9.10. The van der Waals surface area contributed by atoms with Crippen molar-refractivity contribution in [1.82, 2.24) is 0 Å². The Balaban J connectivity index is 1.75. The molecule has 26 heavy (non-hydrogen) atoms. The van der Waals surface area contributed by atoms with Crippen molar-refractivity contribution in [3.63, 3.8) is 0 Å². The minimum atomic E-state index is -0.312. The van der Waals surface area contributed by atoms with Gasteiger partial charge in [0, 0.05) is 10.9 Å². The van der Waals surface area contributed by atoms with Crippen LogP contribution in [-0.4, -0.2) is 5.71 Å². The summed E-state index contributed by atoms with van der Waals surface area (Å²) in [6, 6.07) is 20.6. The van der Waals surface area contributed by atoms with Crippen molar-refractivity contribution in [1.29, 1.82) is 0 Å². The van der Waals surface area contributed by atoms with Gasteiger partial charge in [-0.25, -0.2) is 8.78 Å². The van der Waals surface area contributed by atoms with E-state index >= 15 is 0 Å². The second-order valence-electron chi connectivity index (χ2n) is 6.15. The molecule has 0 amide bonds. The first-order chi connectivity index (χ1) is 12.6. The van der Waals surface area contributed by atoms with Crippen LogP contribution in [0.2, 0.25) is 0 Å². The summed E-state index contributed by atoms with van der Waals surface area (Å²) in [4.78, 5) is 0. The van der Waals surface area contributed by atoms with E-state index in [0.29, 0.717) is 12.1 Å². The molecule has 1 atom stereocenters. The molecule has 5 heteroatoms. The zero-order valence-corrected chi connectivity index (χ0v) is 15.3. The van der Waals surface area contributed by atoms with Crippen LogP contribution in [-0.2, 0) is 0 Å². The van der Waals surface area contributed by atoms with Gasteiger partial charge in [-0.1, -0.05) is 46.3 Å². The van der Waals surface area contributed by atoms with E-state index < -0.39 is 0 Å². The molecule has 0 spiro atoms. The summed E-state index contributed by atoms with van der Waals surface area (Å²) in [5.41, 5.74) is 3.54. The second-order valence-corrected chi connectivity index (χ2v) is 7.07. The van der Waals surface area contributed by atoms with Gasteiger partial charge in [-0.2, -0.15) is 5.10 Å². The first kappa shape index (κ1) is 16.9. The summed E-state index contributed by atoms with van der Waals surface area (Å²) in [5.74, 6) is -0.592. The van der Waals surface area contributed by atoms with Crippen LogP contribution in [0.15, 0.2) is 82.4 Å². The number of nitrogens with zero attached hydrogens (tertiary/aromatic N) is 2. The lowest BCUT2D eigenvalue weighted by molar-refractivity contribution is 0.621. The lowest BCUT2D eigenvalue weighted by Crippen LogP contribution is -2.18. The molecule has 1 aliphatic rings. The third-order valence-corrected chi connectivity index (χ3v) is 4.94. The molecule has 1 heterocycles. The summed E-state index contributed by atoms with van der Waals surface area (Å²) >= 11 is 3.44. The summed E-state index contributed by atoms with van der Waals surface area (Å²) in [5, 5.41) is 6.57. The Morgan fingerprint density at radius 3 is 2.31 bits per heavy atom. The van der Waals surface area contributed by atoms with Crippen LogP contribution in [0.4, 0.5) is 14.5 Å². The molecule has 0 fully saturated rings. The molecule has 0 saturated carbocycles. The van der Waals surface area contributed by atoms with Crippen molar-refractivity contribution in [3.8, 4) is 0 Å². The fourth-order valence-corrected chi connectivity index (χ4v) is 3.39. The summed E-state index contributed by atoms with van der Waals surface area (Å²) in [7, 11) is 0. The minimum Gasteiger partial charge on any atom is -0.257 e. The van der Waals surface area contributed by atoms with E-state index in [1.807, 2.05) is 35.3 Å². The topological polar surface area (TPSA) is 15.6 Å². The Bertz CT molecular complexity index is 953. The Morgan fingerprint density at radius 2 is 1.62 bits per heavy atom. The van der Waals surface area contributed by atoms with Crippen molar-refractivity contribution in [2.24, 2.45) is 5.10 Å². The highest BCUT2D eigenvalue weighted by Crippen LogP contribution is 2.37. The lowest BCUT2D eigenvalue weighted by Gasteiger charge is -2.24. The maximum atomic E-state index is 13.7. The Morgan fingerprint density at radius 1 is 0.885 bits per heavy atom. The van der Waals surface area contributed by atoms with E-state index in [9.17, 15) is 8.78 Å². The summed E-state index contributed by atoms with van der Waals surface area (Å²) in [6.45, 7) is 0. The minimum absolute atomic E-state index is 0.115. The molecule has 0 saturated heterocycles. The number of hydrazone groups is 1. The maximum absolute atomic E-state index is 13.7.